The number of aromatic nitrogens is 1. The number of hydrogen-bond donors (Lipinski definition) is 1. The van der Waals surface area contributed by atoms with Gasteiger partial charge in [0.25, 0.3) is 0 Å². The Morgan fingerprint density at radius 2 is 1.57 bits per heavy atom. The number of rotatable bonds is 3. The number of hydrogen-bond acceptors (Lipinski definition) is 1. The topological polar surface area (TPSA) is 42.2 Å². The molecule has 3 heteroatoms. The van der Waals surface area contributed by atoms with Gasteiger partial charge < -0.3 is 9.67 Å². The molecule has 1 heterocycles. The van der Waals surface area contributed by atoms with Gasteiger partial charge in [0, 0.05) is 16.9 Å². The first kappa shape index (κ1) is 16.6. The second-order valence-corrected chi connectivity index (χ2v) is 7.10. The first-order valence-electron chi connectivity index (χ1n) is 9.44. The van der Waals surface area contributed by atoms with Gasteiger partial charge in [0.2, 0.25) is 0 Å². The Hall–Kier alpha value is -3.59. The summed E-state index contributed by atoms with van der Waals surface area (Å²) in [6, 6.07) is 28.3. The van der Waals surface area contributed by atoms with Crippen molar-refractivity contribution < 1.29 is 9.90 Å². The van der Waals surface area contributed by atoms with Gasteiger partial charge in [-0.05, 0) is 53.8 Å². The molecule has 28 heavy (non-hydrogen) atoms. The van der Waals surface area contributed by atoms with Crippen molar-refractivity contribution in [2.45, 2.75) is 12.8 Å². The number of fused-ring (bicyclic) bond motifs is 3. The van der Waals surface area contributed by atoms with Crippen LogP contribution in [0.2, 0.25) is 0 Å². The third kappa shape index (κ3) is 2.64. The summed E-state index contributed by atoms with van der Waals surface area (Å²) in [5.41, 5.74) is 8.51. The Kier molecular flexibility index (Phi) is 3.87. The molecule has 0 amide bonds. The zero-order valence-corrected chi connectivity index (χ0v) is 15.3. The van der Waals surface area contributed by atoms with Gasteiger partial charge in [0.05, 0.1) is 11.3 Å². The normalized spacial score (nSPS) is 12.3. The zero-order valence-electron chi connectivity index (χ0n) is 15.3. The fourth-order valence-electron chi connectivity index (χ4n) is 4.18. The average molecular weight is 365 g/mol. The van der Waals surface area contributed by atoms with Crippen LogP contribution in [0.5, 0.6) is 0 Å². The number of benzene rings is 3. The number of aryl methyl sites for hydroxylation is 1. The van der Waals surface area contributed by atoms with Gasteiger partial charge in [-0.15, -0.1) is 0 Å². The van der Waals surface area contributed by atoms with Gasteiger partial charge in [-0.2, -0.15) is 0 Å². The van der Waals surface area contributed by atoms with Crippen LogP contribution in [0, 0.1) is 0 Å². The van der Waals surface area contributed by atoms with Gasteiger partial charge in [0.1, 0.15) is 0 Å². The minimum Gasteiger partial charge on any atom is -0.478 e. The molecule has 0 saturated heterocycles. The minimum atomic E-state index is -0.908. The van der Waals surface area contributed by atoms with Gasteiger partial charge in [-0.25, -0.2) is 4.79 Å². The summed E-state index contributed by atoms with van der Waals surface area (Å²) in [5, 5.41) is 9.45. The number of nitrogens with zero attached hydrogens (tertiary/aromatic N) is 1. The highest BCUT2D eigenvalue weighted by Gasteiger charge is 2.24. The van der Waals surface area contributed by atoms with E-state index in [2.05, 4.69) is 47.0 Å². The Bertz CT molecular complexity index is 1190. The lowest BCUT2D eigenvalue weighted by molar-refractivity contribution is 0.0697. The standard InChI is InChI=1S/C25H19NO2/c27-25(28)19-10-6-11-20(15-19)26-23-14-13-17-7-4-5-12-21(17)22(23)16-24(26)18-8-2-1-3-9-18/h1-12,15-16H,13-14H2,(H,27,28). The smallest absolute Gasteiger partial charge is 0.335 e. The van der Waals surface area contributed by atoms with E-state index in [4.69, 9.17) is 0 Å². The molecule has 1 N–H and O–H groups in total. The van der Waals surface area contributed by atoms with E-state index in [1.165, 1.54) is 22.4 Å². The predicted octanol–water partition coefficient (Wildman–Crippen LogP) is 5.61. The first-order valence-corrected chi connectivity index (χ1v) is 9.44. The van der Waals surface area contributed by atoms with Crippen LogP contribution < -0.4 is 0 Å². The maximum absolute atomic E-state index is 11.5. The van der Waals surface area contributed by atoms with Crippen molar-refractivity contribution in [1.82, 2.24) is 4.57 Å². The van der Waals surface area contributed by atoms with Crippen molar-refractivity contribution in [3.05, 3.63) is 102 Å². The Labute approximate surface area is 163 Å². The van der Waals surface area contributed by atoms with Crippen LogP contribution in [-0.4, -0.2) is 15.6 Å². The van der Waals surface area contributed by atoms with E-state index >= 15 is 0 Å². The highest BCUT2D eigenvalue weighted by molar-refractivity contribution is 5.88. The minimum absolute atomic E-state index is 0.301. The highest BCUT2D eigenvalue weighted by Crippen LogP contribution is 2.40. The quantitative estimate of drug-likeness (QED) is 0.513. The second kappa shape index (κ2) is 6.54. The van der Waals surface area contributed by atoms with Crippen molar-refractivity contribution in [2.75, 3.05) is 0 Å². The largest absolute Gasteiger partial charge is 0.478 e. The predicted molar refractivity (Wildman–Crippen MR) is 111 cm³/mol. The first-order chi connectivity index (χ1) is 13.7. The van der Waals surface area contributed by atoms with Crippen molar-refractivity contribution >= 4 is 5.97 Å². The molecule has 0 unspecified atom stereocenters. The van der Waals surface area contributed by atoms with Crippen molar-refractivity contribution in [3.8, 4) is 28.1 Å². The summed E-state index contributed by atoms with van der Waals surface area (Å²) in [7, 11) is 0. The molecule has 0 saturated carbocycles. The highest BCUT2D eigenvalue weighted by atomic mass is 16.4. The van der Waals surface area contributed by atoms with E-state index in [1.54, 1.807) is 12.1 Å². The van der Waals surface area contributed by atoms with Crippen LogP contribution in [0.25, 0.3) is 28.1 Å². The number of carbonyl (C=O) groups is 1. The summed E-state index contributed by atoms with van der Waals surface area (Å²) < 4.78 is 2.23. The van der Waals surface area contributed by atoms with Crippen LogP contribution in [-0.2, 0) is 12.8 Å². The van der Waals surface area contributed by atoms with Crippen LogP contribution in [0.4, 0.5) is 0 Å². The summed E-state index contributed by atoms with van der Waals surface area (Å²) >= 11 is 0. The maximum atomic E-state index is 11.5. The summed E-state index contributed by atoms with van der Waals surface area (Å²) in [6.45, 7) is 0. The molecule has 0 fully saturated rings. The molecule has 1 aliphatic rings. The van der Waals surface area contributed by atoms with Crippen LogP contribution in [0.1, 0.15) is 21.6 Å². The van der Waals surface area contributed by atoms with Gasteiger partial charge >= 0.3 is 5.97 Å². The molecule has 0 radical (unpaired) electrons. The number of carboxylic acids is 1. The molecule has 4 aromatic rings. The zero-order chi connectivity index (χ0) is 19.1. The van der Waals surface area contributed by atoms with E-state index in [1.807, 2.05) is 30.3 Å². The van der Waals surface area contributed by atoms with Gasteiger partial charge in [0.15, 0.2) is 0 Å². The molecule has 0 bridgehead atoms. The monoisotopic (exact) mass is 365 g/mol. The molecule has 0 spiro atoms. The lowest BCUT2D eigenvalue weighted by Crippen LogP contribution is -2.09. The molecule has 1 aliphatic carbocycles. The molecular formula is C25H19NO2. The van der Waals surface area contributed by atoms with E-state index in [9.17, 15) is 9.90 Å². The summed E-state index contributed by atoms with van der Waals surface area (Å²) in [6.07, 6.45) is 1.91. The lowest BCUT2D eigenvalue weighted by atomic mass is 9.90. The van der Waals surface area contributed by atoms with Gasteiger partial charge in [-0.1, -0.05) is 60.7 Å². The maximum Gasteiger partial charge on any atom is 0.335 e. The fraction of sp³-hybridized carbons (Fsp3) is 0.0800. The third-order valence-electron chi connectivity index (χ3n) is 5.46. The van der Waals surface area contributed by atoms with Crippen molar-refractivity contribution in [1.29, 1.82) is 0 Å². The molecule has 1 aromatic heterocycles. The van der Waals surface area contributed by atoms with Gasteiger partial charge in [-0.3, -0.25) is 0 Å². The molecule has 0 atom stereocenters. The molecule has 3 nitrogen and oxygen atoms in total. The Balaban J connectivity index is 1.80. The Morgan fingerprint density at radius 1 is 0.786 bits per heavy atom. The molecule has 5 rings (SSSR count). The Morgan fingerprint density at radius 3 is 2.39 bits per heavy atom. The van der Waals surface area contributed by atoms with E-state index in [0.29, 0.717) is 5.56 Å². The van der Waals surface area contributed by atoms with E-state index in [0.717, 1.165) is 29.8 Å². The summed E-state index contributed by atoms with van der Waals surface area (Å²) in [5.74, 6) is -0.908. The van der Waals surface area contributed by atoms with Crippen molar-refractivity contribution in [2.24, 2.45) is 0 Å². The molecule has 0 aliphatic heterocycles. The molecule has 3 aromatic carbocycles. The number of aromatic carboxylic acids is 1. The molecule has 136 valence electrons. The van der Waals surface area contributed by atoms with Crippen LogP contribution in [0.3, 0.4) is 0 Å². The lowest BCUT2D eigenvalue weighted by Gasteiger charge is -2.20. The fourth-order valence-corrected chi connectivity index (χ4v) is 4.18. The van der Waals surface area contributed by atoms with Crippen LogP contribution >= 0.6 is 0 Å². The SMILES string of the molecule is O=C(O)c1cccc(-n2c(-c3ccccc3)cc3c2CCc2ccccc2-3)c1. The third-order valence-corrected chi connectivity index (χ3v) is 5.46. The van der Waals surface area contributed by atoms with E-state index < -0.39 is 5.97 Å². The average Bonchev–Trinajstić information content (AvgIpc) is 3.14. The molecular weight excluding hydrogens is 346 g/mol. The van der Waals surface area contributed by atoms with E-state index in [-0.39, 0.29) is 0 Å². The van der Waals surface area contributed by atoms with Crippen molar-refractivity contribution in [3.63, 3.8) is 0 Å². The summed E-state index contributed by atoms with van der Waals surface area (Å²) in [4.78, 5) is 11.5. The van der Waals surface area contributed by atoms with Crippen LogP contribution in [0.15, 0.2) is 84.9 Å². The second-order valence-electron chi connectivity index (χ2n) is 7.10. The number of carboxylic acid groups (broad SMARTS) is 1.